The molecule has 96 valence electrons. The highest BCUT2D eigenvalue weighted by atomic mass is 35.5. The van der Waals surface area contributed by atoms with Gasteiger partial charge in [0.25, 0.3) is 0 Å². The van der Waals surface area contributed by atoms with Crippen molar-refractivity contribution in [3.8, 4) is 0 Å². The normalized spacial score (nSPS) is 14.6. The van der Waals surface area contributed by atoms with Crippen molar-refractivity contribution in [3.05, 3.63) is 42.0 Å². The summed E-state index contributed by atoms with van der Waals surface area (Å²) in [6, 6.07) is 11.1. The molecule has 0 bridgehead atoms. The Morgan fingerprint density at radius 2 is 1.72 bits per heavy atom. The molecule has 0 aliphatic heterocycles. The van der Waals surface area contributed by atoms with Crippen LogP contribution in [0.15, 0.2) is 36.4 Å². The SMILES string of the molecule is Nc1cccc2c(C(O)C(O)CCCl)cccc12. The maximum absolute atomic E-state index is 10.2. The molecule has 18 heavy (non-hydrogen) atoms. The summed E-state index contributed by atoms with van der Waals surface area (Å²) in [6.45, 7) is 0. The van der Waals surface area contributed by atoms with Gasteiger partial charge >= 0.3 is 0 Å². The van der Waals surface area contributed by atoms with Crippen molar-refractivity contribution < 1.29 is 10.2 Å². The van der Waals surface area contributed by atoms with Gasteiger partial charge in [-0.25, -0.2) is 0 Å². The molecule has 4 N–H and O–H groups in total. The second kappa shape index (κ2) is 5.57. The van der Waals surface area contributed by atoms with E-state index < -0.39 is 12.2 Å². The van der Waals surface area contributed by atoms with Crippen molar-refractivity contribution in [2.45, 2.75) is 18.6 Å². The first kappa shape index (κ1) is 13.1. The van der Waals surface area contributed by atoms with Crippen molar-refractivity contribution in [2.75, 3.05) is 11.6 Å². The maximum atomic E-state index is 10.2. The average molecular weight is 266 g/mol. The number of alkyl halides is 1. The molecule has 4 heteroatoms. The van der Waals surface area contributed by atoms with Crippen LogP contribution in [0.2, 0.25) is 0 Å². The Labute approximate surface area is 111 Å². The first-order valence-corrected chi connectivity index (χ1v) is 6.38. The van der Waals surface area contributed by atoms with Crippen molar-refractivity contribution in [1.82, 2.24) is 0 Å². The van der Waals surface area contributed by atoms with Crippen molar-refractivity contribution in [1.29, 1.82) is 0 Å². The van der Waals surface area contributed by atoms with E-state index in [1.165, 1.54) is 0 Å². The molecular weight excluding hydrogens is 250 g/mol. The fourth-order valence-corrected chi connectivity index (χ4v) is 2.32. The lowest BCUT2D eigenvalue weighted by molar-refractivity contribution is 0.0179. The van der Waals surface area contributed by atoms with Gasteiger partial charge in [-0.2, -0.15) is 0 Å². The number of anilines is 1. The molecule has 0 aliphatic carbocycles. The fourth-order valence-electron chi connectivity index (χ4n) is 2.09. The molecule has 2 rings (SSSR count). The van der Waals surface area contributed by atoms with E-state index in [1.807, 2.05) is 30.3 Å². The molecule has 0 spiro atoms. The Hall–Kier alpha value is -1.29. The average Bonchev–Trinajstić information content (AvgIpc) is 2.38. The zero-order chi connectivity index (χ0) is 13.1. The maximum Gasteiger partial charge on any atom is 0.105 e. The number of nitrogen functional groups attached to an aromatic ring is 1. The summed E-state index contributed by atoms with van der Waals surface area (Å²) in [5, 5.41) is 21.7. The topological polar surface area (TPSA) is 66.5 Å². The molecule has 0 saturated heterocycles. The minimum Gasteiger partial charge on any atom is -0.398 e. The third-order valence-electron chi connectivity index (χ3n) is 3.08. The van der Waals surface area contributed by atoms with Gasteiger partial charge in [0, 0.05) is 17.0 Å². The standard InChI is InChI=1S/C14H16ClNO2/c15-8-7-13(17)14(18)11-5-1-4-10-9(11)3-2-6-12(10)16/h1-6,13-14,17-18H,7-8,16H2. The van der Waals surface area contributed by atoms with Crippen LogP contribution in [0.4, 0.5) is 5.69 Å². The lowest BCUT2D eigenvalue weighted by atomic mass is 9.96. The van der Waals surface area contributed by atoms with Gasteiger partial charge in [-0.15, -0.1) is 11.6 Å². The molecule has 0 fully saturated rings. The zero-order valence-corrected chi connectivity index (χ0v) is 10.6. The fraction of sp³-hybridized carbons (Fsp3) is 0.286. The number of hydrogen-bond donors (Lipinski definition) is 3. The Kier molecular flexibility index (Phi) is 4.07. The van der Waals surface area contributed by atoms with E-state index >= 15 is 0 Å². The Morgan fingerprint density at radius 1 is 1.06 bits per heavy atom. The van der Waals surface area contributed by atoms with Crippen LogP contribution in [-0.4, -0.2) is 22.2 Å². The molecular formula is C14H16ClNO2. The minimum absolute atomic E-state index is 0.311. The number of halogens is 1. The summed E-state index contributed by atoms with van der Waals surface area (Å²) < 4.78 is 0. The lowest BCUT2D eigenvalue weighted by Crippen LogP contribution is -2.18. The smallest absolute Gasteiger partial charge is 0.105 e. The molecule has 0 radical (unpaired) electrons. The molecule has 2 atom stereocenters. The highest BCUT2D eigenvalue weighted by Crippen LogP contribution is 2.30. The molecule has 0 heterocycles. The van der Waals surface area contributed by atoms with E-state index in [1.54, 1.807) is 6.07 Å². The molecule has 0 saturated carbocycles. The number of aliphatic hydroxyl groups is 2. The van der Waals surface area contributed by atoms with Crippen LogP contribution >= 0.6 is 11.6 Å². The third-order valence-corrected chi connectivity index (χ3v) is 3.30. The van der Waals surface area contributed by atoms with Crippen LogP contribution in [0.25, 0.3) is 10.8 Å². The number of benzene rings is 2. The minimum atomic E-state index is -0.950. The van der Waals surface area contributed by atoms with E-state index in [-0.39, 0.29) is 0 Å². The van der Waals surface area contributed by atoms with Crippen LogP contribution in [0.1, 0.15) is 18.1 Å². The van der Waals surface area contributed by atoms with Gasteiger partial charge in [0.05, 0.1) is 6.10 Å². The third kappa shape index (κ3) is 2.43. The Bertz CT molecular complexity index is 544. The lowest BCUT2D eigenvalue weighted by Gasteiger charge is -2.19. The highest BCUT2D eigenvalue weighted by molar-refractivity contribution is 6.17. The van der Waals surface area contributed by atoms with Gasteiger partial charge in [-0.1, -0.05) is 30.3 Å². The van der Waals surface area contributed by atoms with E-state index in [2.05, 4.69) is 0 Å². The Balaban J connectivity index is 2.48. The van der Waals surface area contributed by atoms with Gasteiger partial charge in [0.15, 0.2) is 0 Å². The van der Waals surface area contributed by atoms with E-state index in [0.717, 1.165) is 10.8 Å². The van der Waals surface area contributed by atoms with E-state index in [9.17, 15) is 10.2 Å². The predicted molar refractivity (Wildman–Crippen MR) is 74.7 cm³/mol. The molecule has 2 aromatic rings. The number of fused-ring (bicyclic) bond motifs is 1. The molecule has 0 amide bonds. The number of aliphatic hydroxyl groups excluding tert-OH is 2. The van der Waals surface area contributed by atoms with Gasteiger partial charge in [0.1, 0.15) is 6.10 Å². The number of hydrogen-bond acceptors (Lipinski definition) is 3. The number of nitrogens with two attached hydrogens (primary N) is 1. The second-order valence-electron chi connectivity index (χ2n) is 4.28. The summed E-state index contributed by atoms with van der Waals surface area (Å²) in [5.74, 6) is 0.311. The largest absolute Gasteiger partial charge is 0.398 e. The predicted octanol–water partition coefficient (Wildman–Crippen LogP) is 2.45. The van der Waals surface area contributed by atoms with Crippen molar-refractivity contribution >= 4 is 28.1 Å². The first-order valence-electron chi connectivity index (χ1n) is 5.84. The van der Waals surface area contributed by atoms with E-state index in [0.29, 0.717) is 23.6 Å². The van der Waals surface area contributed by atoms with Crippen LogP contribution in [0.3, 0.4) is 0 Å². The second-order valence-corrected chi connectivity index (χ2v) is 4.66. The molecule has 2 aromatic carbocycles. The zero-order valence-electron chi connectivity index (χ0n) is 9.88. The Morgan fingerprint density at radius 3 is 2.44 bits per heavy atom. The molecule has 0 aromatic heterocycles. The monoisotopic (exact) mass is 265 g/mol. The van der Waals surface area contributed by atoms with Gasteiger partial charge in [0.2, 0.25) is 0 Å². The molecule has 2 unspecified atom stereocenters. The van der Waals surface area contributed by atoms with Crippen molar-refractivity contribution in [3.63, 3.8) is 0 Å². The molecule has 3 nitrogen and oxygen atoms in total. The van der Waals surface area contributed by atoms with E-state index in [4.69, 9.17) is 17.3 Å². The summed E-state index contributed by atoms with van der Waals surface area (Å²) in [6.07, 6.45) is -1.47. The van der Waals surface area contributed by atoms with Gasteiger partial charge in [-0.05, 0) is 23.4 Å². The van der Waals surface area contributed by atoms with Crippen LogP contribution in [0, 0.1) is 0 Å². The number of rotatable bonds is 4. The highest BCUT2D eigenvalue weighted by Gasteiger charge is 2.19. The van der Waals surface area contributed by atoms with Crippen LogP contribution < -0.4 is 5.73 Å². The van der Waals surface area contributed by atoms with Crippen LogP contribution in [-0.2, 0) is 0 Å². The van der Waals surface area contributed by atoms with Gasteiger partial charge in [-0.3, -0.25) is 0 Å². The summed E-state index contributed by atoms with van der Waals surface area (Å²) >= 11 is 5.58. The molecule has 0 aliphatic rings. The van der Waals surface area contributed by atoms with Crippen LogP contribution in [0.5, 0.6) is 0 Å². The summed E-state index contributed by atoms with van der Waals surface area (Å²) in [7, 11) is 0. The van der Waals surface area contributed by atoms with Crippen molar-refractivity contribution in [2.24, 2.45) is 0 Å². The first-order chi connectivity index (χ1) is 8.65. The quantitative estimate of drug-likeness (QED) is 0.588. The summed E-state index contributed by atoms with van der Waals surface area (Å²) in [4.78, 5) is 0. The van der Waals surface area contributed by atoms with Gasteiger partial charge < -0.3 is 15.9 Å². The summed E-state index contributed by atoms with van der Waals surface area (Å²) in [5.41, 5.74) is 7.23.